The van der Waals surface area contributed by atoms with Crippen LogP contribution in [-0.2, 0) is 23.9 Å². The van der Waals surface area contributed by atoms with Crippen LogP contribution in [0.15, 0.2) is 0 Å². The van der Waals surface area contributed by atoms with Crippen LogP contribution in [0.2, 0.25) is 0 Å². The molecule has 35 heavy (non-hydrogen) atoms. The van der Waals surface area contributed by atoms with E-state index < -0.39 is 59.2 Å². The van der Waals surface area contributed by atoms with Crippen molar-refractivity contribution in [2.45, 2.75) is 114 Å². The maximum Gasteiger partial charge on any atom is 0.329 e. The van der Waals surface area contributed by atoms with Crippen LogP contribution in [0.25, 0.3) is 0 Å². The zero-order chi connectivity index (χ0) is 25.9. The molecule has 1 aliphatic carbocycles. The van der Waals surface area contributed by atoms with Crippen molar-refractivity contribution in [1.82, 2.24) is 4.90 Å². The number of ether oxygens (including phenoxy) is 2. The molecule has 2 aliphatic heterocycles. The number of hydrogen-bond acceptors (Lipinski definition) is 9. The number of carbonyl (C=O) groups excluding carboxylic acids is 3. The summed E-state index contributed by atoms with van der Waals surface area (Å²) in [5.41, 5.74) is -0.647. The molecule has 3 N–H and O–H groups in total. The van der Waals surface area contributed by atoms with Crippen LogP contribution in [0.1, 0.15) is 78.6 Å². The number of piperidine rings is 1. The predicted molar refractivity (Wildman–Crippen MR) is 130 cm³/mol. The summed E-state index contributed by atoms with van der Waals surface area (Å²) in [5.74, 6) is -5.12. The summed E-state index contributed by atoms with van der Waals surface area (Å²) in [6, 6.07) is -0.893. The van der Waals surface area contributed by atoms with Gasteiger partial charge in [-0.3, -0.25) is 9.59 Å². The Morgan fingerprint density at radius 1 is 1.09 bits per heavy atom. The van der Waals surface area contributed by atoms with Crippen LogP contribution in [0.3, 0.4) is 0 Å². The topological polar surface area (TPSA) is 134 Å². The number of Topliss-reactive ketones (excluding diaryl/α,β-unsaturated/α-hetero) is 1. The van der Waals surface area contributed by atoms with Gasteiger partial charge in [-0.05, 0) is 76.5 Å². The number of nitrogens with zero attached hydrogens (tertiary/aromatic N) is 1. The fourth-order valence-corrected chi connectivity index (χ4v) is 5.79. The lowest BCUT2D eigenvalue weighted by Gasteiger charge is -2.41. The molecule has 3 fully saturated rings. The van der Waals surface area contributed by atoms with E-state index in [1.807, 2.05) is 13.8 Å². The van der Waals surface area contributed by atoms with Crippen molar-refractivity contribution in [2.24, 2.45) is 17.8 Å². The maximum atomic E-state index is 13.2. The molecule has 0 aromatic rings. The Kier molecular flexibility index (Phi) is 9.64. The van der Waals surface area contributed by atoms with Crippen LogP contribution >= 0.6 is 12.6 Å². The van der Waals surface area contributed by atoms with Gasteiger partial charge in [0.05, 0.1) is 12.2 Å². The fourth-order valence-electron chi connectivity index (χ4n) is 5.48. The Morgan fingerprint density at radius 3 is 2.49 bits per heavy atom. The summed E-state index contributed by atoms with van der Waals surface area (Å²) in [6.45, 7) is 5.67. The molecular formula is C25H41NO8S. The first-order valence-electron chi connectivity index (χ1n) is 12.9. The van der Waals surface area contributed by atoms with Gasteiger partial charge in [0, 0.05) is 12.5 Å². The number of aliphatic hydroxyl groups is 3. The molecule has 3 aliphatic rings. The van der Waals surface area contributed by atoms with E-state index in [0.717, 1.165) is 19.3 Å². The smallest absolute Gasteiger partial charge is 0.329 e. The van der Waals surface area contributed by atoms with E-state index in [1.165, 1.54) is 4.90 Å². The molecule has 0 aromatic carbocycles. The second kappa shape index (κ2) is 11.9. The Hall–Kier alpha value is -1.20. The quantitative estimate of drug-likeness (QED) is 0.229. The summed E-state index contributed by atoms with van der Waals surface area (Å²) >= 11 is 4.21. The van der Waals surface area contributed by atoms with E-state index in [-0.39, 0.29) is 18.4 Å². The number of amides is 1. The molecule has 2 saturated heterocycles. The summed E-state index contributed by atoms with van der Waals surface area (Å²) < 4.78 is 11.2. The Labute approximate surface area is 212 Å². The first-order chi connectivity index (χ1) is 16.4. The third kappa shape index (κ3) is 6.57. The summed E-state index contributed by atoms with van der Waals surface area (Å²) in [7, 11) is 0. The standard InChI is InChI=1S/C25H41NO8S/c1-14(12-17-8-9-19(27)20(28)13-17)16(3)33-24(31)18-6-4-5-11-26(18)23(30)22(29)25(32)15(2)7-10-21(35)34-25/h14-21,27-28,32,35H,4-13H2,1-3H3. The maximum absolute atomic E-state index is 13.2. The molecule has 200 valence electrons. The van der Waals surface area contributed by atoms with Gasteiger partial charge >= 0.3 is 5.97 Å². The normalized spacial score (nSPS) is 37.9. The van der Waals surface area contributed by atoms with Gasteiger partial charge < -0.3 is 29.7 Å². The average molecular weight is 516 g/mol. The predicted octanol–water partition coefficient (Wildman–Crippen LogP) is 1.81. The Morgan fingerprint density at radius 2 is 1.80 bits per heavy atom. The number of likely N-dealkylation sites (tertiary alicyclic amines) is 1. The minimum Gasteiger partial charge on any atom is -0.461 e. The molecule has 10 heteroatoms. The molecule has 1 saturated carbocycles. The van der Waals surface area contributed by atoms with E-state index in [4.69, 9.17) is 9.47 Å². The highest BCUT2D eigenvalue weighted by atomic mass is 32.1. The Bertz CT molecular complexity index is 781. The number of ketones is 1. The van der Waals surface area contributed by atoms with Crippen molar-refractivity contribution in [2.75, 3.05) is 6.54 Å². The molecular weight excluding hydrogens is 474 g/mol. The Balaban J connectivity index is 1.61. The molecule has 2 heterocycles. The monoisotopic (exact) mass is 515 g/mol. The number of aliphatic hydroxyl groups excluding tert-OH is 2. The van der Waals surface area contributed by atoms with Crippen molar-refractivity contribution in [3.63, 3.8) is 0 Å². The summed E-state index contributed by atoms with van der Waals surface area (Å²) in [4.78, 5) is 40.5. The third-order valence-electron chi connectivity index (χ3n) is 8.08. The fraction of sp³-hybridized carbons (Fsp3) is 0.880. The van der Waals surface area contributed by atoms with Gasteiger partial charge in [0.25, 0.3) is 11.7 Å². The van der Waals surface area contributed by atoms with Crippen LogP contribution in [-0.4, -0.2) is 80.0 Å². The molecule has 9 nitrogen and oxygen atoms in total. The van der Waals surface area contributed by atoms with Gasteiger partial charge in [-0.15, -0.1) is 12.6 Å². The number of hydrogen-bond donors (Lipinski definition) is 4. The van der Waals surface area contributed by atoms with Gasteiger partial charge in [-0.2, -0.15) is 0 Å². The van der Waals surface area contributed by atoms with E-state index in [9.17, 15) is 29.7 Å². The van der Waals surface area contributed by atoms with Crippen molar-refractivity contribution in [3.8, 4) is 0 Å². The lowest BCUT2D eigenvalue weighted by atomic mass is 9.79. The molecule has 9 atom stereocenters. The molecule has 0 spiro atoms. The highest BCUT2D eigenvalue weighted by Crippen LogP contribution is 2.35. The van der Waals surface area contributed by atoms with Crippen molar-refractivity contribution in [3.05, 3.63) is 0 Å². The molecule has 0 radical (unpaired) electrons. The van der Waals surface area contributed by atoms with Gasteiger partial charge in [-0.25, -0.2) is 4.79 Å². The molecule has 9 unspecified atom stereocenters. The van der Waals surface area contributed by atoms with Gasteiger partial charge in [0.15, 0.2) is 0 Å². The number of rotatable bonds is 7. The summed E-state index contributed by atoms with van der Waals surface area (Å²) in [6.07, 6.45) is 3.63. The van der Waals surface area contributed by atoms with Crippen molar-refractivity contribution < 1.29 is 39.2 Å². The van der Waals surface area contributed by atoms with Crippen LogP contribution < -0.4 is 0 Å². The molecule has 0 aromatic heterocycles. The van der Waals surface area contributed by atoms with E-state index in [0.29, 0.717) is 38.5 Å². The first kappa shape index (κ1) is 28.4. The summed E-state index contributed by atoms with van der Waals surface area (Å²) in [5, 5.41) is 30.6. The zero-order valence-electron chi connectivity index (χ0n) is 21.0. The average Bonchev–Trinajstić information content (AvgIpc) is 2.82. The van der Waals surface area contributed by atoms with E-state index in [2.05, 4.69) is 12.6 Å². The minimum absolute atomic E-state index is 0.0188. The van der Waals surface area contributed by atoms with Crippen molar-refractivity contribution >= 4 is 30.3 Å². The third-order valence-corrected chi connectivity index (χ3v) is 8.45. The SMILES string of the molecule is CC(CC1CCC(O)C(O)C1)C(C)OC(=O)C1CCCCN1C(=O)C(=O)C1(O)OC(S)CCC1C. The largest absolute Gasteiger partial charge is 0.461 e. The van der Waals surface area contributed by atoms with Crippen LogP contribution in [0.4, 0.5) is 0 Å². The van der Waals surface area contributed by atoms with Gasteiger partial charge in [0.1, 0.15) is 17.6 Å². The zero-order valence-corrected chi connectivity index (χ0v) is 21.9. The first-order valence-corrected chi connectivity index (χ1v) is 13.5. The van der Waals surface area contributed by atoms with Gasteiger partial charge in [-0.1, -0.05) is 13.8 Å². The number of thiol groups is 1. The lowest BCUT2D eigenvalue weighted by Crippen LogP contribution is -2.60. The second-order valence-electron chi connectivity index (χ2n) is 10.8. The van der Waals surface area contributed by atoms with E-state index >= 15 is 0 Å². The van der Waals surface area contributed by atoms with Gasteiger partial charge in [0.2, 0.25) is 5.79 Å². The lowest BCUT2D eigenvalue weighted by molar-refractivity contribution is -0.247. The number of carbonyl (C=O) groups is 3. The van der Waals surface area contributed by atoms with Crippen LogP contribution in [0.5, 0.6) is 0 Å². The van der Waals surface area contributed by atoms with Crippen molar-refractivity contribution in [1.29, 1.82) is 0 Å². The molecule has 0 bridgehead atoms. The second-order valence-corrected chi connectivity index (χ2v) is 11.3. The minimum atomic E-state index is -2.26. The molecule has 3 rings (SSSR count). The highest BCUT2D eigenvalue weighted by Gasteiger charge is 2.52. The van der Waals surface area contributed by atoms with Crippen LogP contribution in [0, 0.1) is 17.8 Å². The highest BCUT2D eigenvalue weighted by molar-refractivity contribution is 7.80. The van der Waals surface area contributed by atoms with E-state index in [1.54, 1.807) is 6.92 Å². The number of esters is 1. The molecule has 1 amide bonds.